The maximum atomic E-state index is 3.45. The molecule has 1 aliphatic carbocycles. The van der Waals surface area contributed by atoms with E-state index in [2.05, 4.69) is 68.5 Å². The molecule has 0 spiro atoms. The molecule has 3 heteroatoms. The van der Waals surface area contributed by atoms with Gasteiger partial charge in [-0.25, -0.2) is 5.57 Å². The first kappa shape index (κ1) is 19.6. The minimum absolute atomic E-state index is 0. The first-order chi connectivity index (χ1) is 8.25. The van der Waals surface area contributed by atoms with Crippen molar-refractivity contribution in [2.75, 3.05) is 0 Å². The molecule has 2 aromatic carbocycles. The molecule has 0 heterocycles. The van der Waals surface area contributed by atoms with Crippen molar-refractivity contribution in [3.8, 4) is 0 Å². The van der Waals surface area contributed by atoms with Crippen LogP contribution < -0.4 is 0 Å². The second-order valence-electron chi connectivity index (χ2n) is 4.67. The van der Waals surface area contributed by atoms with E-state index in [1.807, 2.05) is 0 Å². The van der Waals surface area contributed by atoms with Crippen LogP contribution >= 0.6 is 24.8 Å². The van der Waals surface area contributed by atoms with Crippen LogP contribution in [0.4, 0.5) is 0 Å². The average Bonchev–Trinajstić information content (AvgIpc) is 2.68. The number of allylic oxidation sites excluding steroid dienone is 4. The van der Waals surface area contributed by atoms with Gasteiger partial charge in [-0.15, -0.1) is 24.8 Å². The summed E-state index contributed by atoms with van der Waals surface area (Å²) in [4.78, 5) is 0. The fraction of sp³-hybridized carbons (Fsp3) is 0.176. The Balaban J connectivity index is 0.00000120. The summed E-state index contributed by atoms with van der Waals surface area (Å²) in [5.74, 6) is 0.434. The van der Waals surface area contributed by atoms with Crippen molar-refractivity contribution in [3.63, 3.8) is 0 Å². The van der Waals surface area contributed by atoms with Gasteiger partial charge < -0.3 is 0 Å². The van der Waals surface area contributed by atoms with Crippen LogP contribution in [0.15, 0.2) is 54.1 Å². The summed E-state index contributed by atoms with van der Waals surface area (Å²) in [6.45, 7) is 4.33. The van der Waals surface area contributed by atoms with Crippen molar-refractivity contribution in [2.45, 2.75) is 13.8 Å². The predicted octanol–water partition coefficient (Wildman–Crippen LogP) is 5.46. The Kier molecular flexibility index (Phi) is 8.01. The molecular formula is C17H17Cl2Hf-. The molecule has 1 atom stereocenters. The van der Waals surface area contributed by atoms with Gasteiger partial charge in [0.25, 0.3) is 0 Å². The fourth-order valence-electron chi connectivity index (χ4n) is 2.59. The van der Waals surface area contributed by atoms with Gasteiger partial charge in [0.15, 0.2) is 0 Å². The molecule has 1 unspecified atom stereocenters. The smallest absolute Gasteiger partial charge is 0 e. The number of hydrogen-bond donors (Lipinski definition) is 0. The van der Waals surface area contributed by atoms with Crippen molar-refractivity contribution in [3.05, 3.63) is 65.8 Å². The van der Waals surface area contributed by atoms with Crippen molar-refractivity contribution in [1.82, 2.24) is 0 Å². The standard InChI is InChI=1S/C17H15.2ClH.Hf/c1-12-10-13(2)17(11-12)16-9-5-7-14-6-3-4-8-15(14)16;;;/h3-9,11-12H,1-2H3;2*1H;/q-1;;;. The van der Waals surface area contributed by atoms with Gasteiger partial charge in [0, 0.05) is 25.8 Å². The van der Waals surface area contributed by atoms with Gasteiger partial charge in [0.2, 0.25) is 0 Å². The summed E-state index contributed by atoms with van der Waals surface area (Å²) < 4.78 is 0. The zero-order valence-corrected chi connectivity index (χ0v) is 16.7. The Hall–Kier alpha value is -0.370. The van der Waals surface area contributed by atoms with Gasteiger partial charge in [0.1, 0.15) is 0 Å². The fourth-order valence-corrected chi connectivity index (χ4v) is 2.59. The molecular weight excluding hydrogens is 454 g/mol. The van der Waals surface area contributed by atoms with Gasteiger partial charge in [-0.05, 0) is 10.8 Å². The number of benzene rings is 2. The third kappa shape index (κ3) is 3.63. The van der Waals surface area contributed by atoms with Gasteiger partial charge in [-0.1, -0.05) is 67.8 Å². The largest absolute Gasteiger partial charge is 0.266 e. The second kappa shape index (κ2) is 8.17. The van der Waals surface area contributed by atoms with Gasteiger partial charge in [-0.2, -0.15) is 11.6 Å². The van der Waals surface area contributed by atoms with Crippen molar-refractivity contribution < 1.29 is 25.8 Å². The van der Waals surface area contributed by atoms with E-state index in [4.69, 9.17) is 0 Å². The Morgan fingerprint density at radius 3 is 2.25 bits per heavy atom. The van der Waals surface area contributed by atoms with E-state index in [-0.39, 0.29) is 50.7 Å². The normalized spacial score (nSPS) is 16.4. The van der Waals surface area contributed by atoms with Crippen LogP contribution in [-0.2, 0) is 25.8 Å². The quantitative estimate of drug-likeness (QED) is 0.383. The van der Waals surface area contributed by atoms with Gasteiger partial charge >= 0.3 is 0 Å². The Bertz CT molecular complexity index is 639. The van der Waals surface area contributed by atoms with Crippen LogP contribution in [0.2, 0.25) is 0 Å². The van der Waals surface area contributed by atoms with Crippen molar-refractivity contribution >= 4 is 41.2 Å². The van der Waals surface area contributed by atoms with E-state index in [1.54, 1.807) is 0 Å². The summed E-state index contributed by atoms with van der Waals surface area (Å²) in [6.07, 6.45) is 5.76. The molecule has 0 N–H and O–H groups in total. The SMILES string of the molecule is CC1=[C-]C(C)C=C1c1cccc2ccccc12.Cl.Cl.[Hf]. The number of rotatable bonds is 1. The molecule has 20 heavy (non-hydrogen) atoms. The van der Waals surface area contributed by atoms with E-state index in [0.29, 0.717) is 5.92 Å². The van der Waals surface area contributed by atoms with E-state index < -0.39 is 0 Å². The summed E-state index contributed by atoms with van der Waals surface area (Å²) in [5.41, 5.74) is 3.95. The molecule has 0 bridgehead atoms. The summed E-state index contributed by atoms with van der Waals surface area (Å²) in [6, 6.07) is 15.1. The molecule has 0 nitrogen and oxygen atoms in total. The predicted molar refractivity (Wildman–Crippen MR) is 88.0 cm³/mol. The first-order valence-corrected chi connectivity index (χ1v) is 6.06. The minimum Gasteiger partial charge on any atom is -0.266 e. The second-order valence-corrected chi connectivity index (χ2v) is 4.67. The van der Waals surface area contributed by atoms with Crippen LogP contribution in [0.3, 0.4) is 0 Å². The summed E-state index contributed by atoms with van der Waals surface area (Å²) in [7, 11) is 0. The molecule has 0 fully saturated rings. The summed E-state index contributed by atoms with van der Waals surface area (Å²) >= 11 is 0. The molecule has 1 aliphatic rings. The molecule has 0 amide bonds. The Labute approximate surface area is 151 Å². The third-order valence-corrected chi connectivity index (χ3v) is 3.34. The topological polar surface area (TPSA) is 0 Å². The maximum absolute atomic E-state index is 3.45. The average molecular weight is 471 g/mol. The monoisotopic (exact) mass is 471 g/mol. The molecule has 0 radical (unpaired) electrons. The Morgan fingerprint density at radius 1 is 0.950 bits per heavy atom. The molecule has 2 aromatic rings. The number of fused-ring (bicyclic) bond motifs is 1. The van der Waals surface area contributed by atoms with Crippen LogP contribution in [0.1, 0.15) is 19.4 Å². The van der Waals surface area contributed by atoms with E-state index in [9.17, 15) is 0 Å². The number of hydrogen-bond acceptors (Lipinski definition) is 0. The zero-order valence-electron chi connectivity index (χ0n) is 11.5. The van der Waals surface area contributed by atoms with Gasteiger partial charge in [-0.3, -0.25) is 6.08 Å². The van der Waals surface area contributed by atoms with E-state index in [1.165, 1.54) is 27.5 Å². The van der Waals surface area contributed by atoms with Crippen LogP contribution in [0, 0.1) is 12.0 Å². The molecule has 0 saturated carbocycles. The van der Waals surface area contributed by atoms with Crippen LogP contribution in [0.5, 0.6) is 0 Å². The van der Waals surface area contributed by atoms with Crippen molar-refractivity contribution in [2.24, 2.45) is 5.92 Å². The van der Waals surface area contributed by atoms with Gasteiger partial charge in [0.05, 0.1) is 0 Å². The Morgan fingerprint density at radius 2 is 1.60 bits per heavy atom. The molecule has 0 aliphatic heterocycles. The maximum Gasteiger partial charge on any atom is 0 e. The first-order valence-electron chi connectivity index (χ1n) is 6.06. The van der Waals surface area contributed by atoms with E-state index >= 15 is 0 Å². The molecule has 3 rings (SSSR count). The molecule has 0 saturated heterocycles. The van der Waals surface area contributed by atoms with E-state index in [0.717, 1.165) is 0 Å². The van der Waals surface area contributed by atoms with Crippen LogP contribution in [-0.4, -0.2) is 0 Å². The third-order valence-electron chi connectivity index (χ3n) is 3.34. The van der Waals surface area contributed by atoms with Crippen molar-refractivity contribution in [1.29, 1.82) is 0 Å². The molecule has 104 valence electrons. The zero-order chi connectivity index (χ0) is 11.8. The number of halogens is 2. The van der Waals surface area contributed by atoms with Crippen LogP contribution in [0.25, 0.3) is 16.3 Å². The summed E-state index contributed by atoms with van der Waals surface area (Å²) in [5, 5.41) is 2.63. The molecule has 0 aromatic heterocycles. The minimum atomic E-state index is 0.